The summed E-state index contributed by atoms with van der Waals surface area (Å²) in [5, 5.41) is 11.7. The van der Waals surface area contributed by atoms with Crippen LogP contribution in [0.1, 0.15) is 45.7 Å². The Morgan fingerprint density at radius 2 is 1.91 bits per heavy atom. The first-order valence-electron chi connectivity index (χ1n) is 7.16. The smallest absolute Gasteiger partial charge is 0.408 e. The summed E-state index contributed by atoms with van der Waals surface area (Å²) in [5.41, 5.74) is -0.0466. The van der Waals surface area contributed by atoms with E-state index in [1.54, 1.807) is 45.0 Å². The van der Waals surface area contributed by atoms with E-state index < -0.39 is 23.7 Å². The fraction of sp³-hybridized carbons (Fsp3) is 0.500. The summed E-state index contributed by atoms with van der Waals surface area (Å²) in [6, 6.07) is 6.30. The molecule has 0 aliphatic carbocycles. The second kappa shape index (κ2) is 7.68. The first-order valence-corrected chi connectivity index (χ1v) is 7.16. The number of carbonyl (C=O) groups excluding carboxylic acids is 1. The van der Waals surface area contributed by atoms with Crippen LogP contribution in [-0.4, -0.2) is 29.4 Å². The molecule has 6 heteroatoms. The van der Waals surface area contributed by atoms with Crippen molar-refractivity contribution in [2.24, 2.45) is 0 Å². The van der Waals surface area contributed by atoms with E-state index in [2.05, 4.69) is 5.32 Å². The molecule has 0 spiro atoms. The quantitative estimate of drug-likeness (QED) is 0.843. The molecule has 0 saturated carbocycles. The summed E-state index contributed by atoms with van der Waals surface area (Å²) < 4.78 is 10.7. The molecule has 0 aromatic heterocycles. The number of para-hydroxylation sites is 1. The standard InChI is InChI=1S/C16H23NO5/c1-5-21-13-9-7-6-8-11(13)12(10-14(18)19)17-15(20)22-16(2,3)4/h6-9,12H,5,10H2,1-4H3,(H,17,20)(H,18,19)/t12-/m1/s1. The molecule has 1 aromatic carbocycles. The number of nitrogens with one attached hydrogen (secondary N) is 1. The van der Waals surface area contributed by atoms with E-state index in [4.69, 9.17) is 14.6 Å². The molecule has 0 heterocycles. The van der Waals surface area contributed by atoms with E-state index in [1.807, 2.05) is 6.92 Å². The Morgan fingerprint density at radius 1 is 1.27 bits per heavy atom. The van der Waals surface area contributed by atoms with Gasteiger partial charge in [-0.25, -0.2) is 4.79 Å². The van der Waals surface area contributed by atoms with Crippen LogP contribution in [0.15, 0.2) is 24.3 Å². The SMILES string of the molecule is CCOc1ccccc1[C@@H](CC(=O)O)NC(=O)OC(C)(C)C. The van der Waals surface area contributed by atoms with Crippen LogP contribution >= 0.6 is 0 Å². The van der Waals surface area contributed by atoms with Crippen LogP contribution in [0, 0.1) is 0 Å². The minimum Gasteiger partial charge on any atom is -0.494 e. The summed E-state index contributed by atoms with van der Waals surface area (Å²) >= 11 is 0. The number of carboxylic acids is 1. The van der Waals surface area contributed by atoms with Gasteiger partial charge in [0.05, 0.1) is 19.1 Å². The molecule has 0 unspecified atom stereocenters. The zero-order valence-electron chi connectivity index (χ0n) is 13.4. The third kappa shape index (κ3) is 6.03. The lowest BCUT2D eigenvalue weighted by molar-refractivity contribution is -0.137. The van der Waals surface area contributed by atoms with Crippen molar-refractivity contribution in [3.05, 3.63) is 29.8 Å². The molecule has 1 amide bonds. The van der Waals surface area contributed by atoms with Crippen LogP contribution < -0.4 is 10.1 Å². The Hall–Kier alpha value is -2.24. The largest absolute Gasteiger partial charge is 0.494 e. The molecule has 1 aromatic rings. The molecule has 122 valence electrons. The Morgan fingerprint density at radius 3 is 2.45 bits per heavy atom. The number of ether oxygens (including phenoxy) is 2. The van der Waals surface area contributed by atoms with Gasteiger partial charge in [0.2, 0.25) is 0 Å². The maximum atomic E-state index is 11.9. The van der Waals surface area contributed by atoms with Gasteiger partial charge in [-0.1, -0.05) is 18.2 Å². The van der Waals surface area contributed by atoms with E-state index in [0.29, 0.717) is 17.9 Å². The third-order valence-electron chi connectivity index (χ3n) is 2.66. The number of hydrogen-bond donors (Lipinski definition) is 2. The highest BCUT2D eigenvalue weighted by molar-refractivity contribution is 5.72. The average molecular weight is 309 g/mol. The van der Waals surface area contributed by atoms with E-state index in [-0.39, 0.29) is 6.42 Å². The molecule has 1 atom stereocenters. The molecule has 2 N–H and O–H groups in total. The number of rotatable bonds is 6. The highest BCUT2D eigenvalue weighted by atomic mass is 16.6. The molecule has 0 aliphatic heterocycles. The Bertz CT molecular complexity index is 522. The summed E-state index contributed by atoms with van der Waals surface area (Å²) in [6.45, 7) is 7.51. The van der Waals surface area contributed by atoms with E-state index in [1.165, 1.54) is 0 Å². The van der Waals surface area contributed by atoms with Gasteiger partial charge < -0.3 is 19.9 Å². The van der Waals surface area contributed by atoms with Crippen molar-refractivity contribution in [3.63, 3.8) is 0 Å². The topological polar surface area (TPSA) is 84.9 Å². The van der Waals surface area contributed by atoms with Crippen LogP contribution in [0.2, 0.25) is 0 Å². The maximum Gasteiger partial charge on any atom is 0.408 e. The van der Waals surface area contributed by atoms with Crippen molar-refractivity contribution in [3.8, 4) is 5.75 Å². The van der Waals surface area contributed by atoms with Gasteiger partial charge >= 0.3 is 12.1 Å². The predicted octanol–water partition coefficient (Wildman–Crippen LogP) is 3.13. The Labute approximate surface area is 130 Å². The van der Waals surface area contributed by atoms with Crippen LogP contribution in [0.4, 0.5) is 4.79 Å². The van der Waals surface area contributed by atoms with Crippen LogP contribution in [0.3, 0.4) is 0 Å². The second-order valence-corrected chi connectivity index (χ2v) is 5.77. The zero-order chi connectivity index (χ0) is 16.8. The Kier molecular flexibility index (Phi) is 6.22. The van der Waals surface area contributed by atoms with Crippen molar-refractivity contribution < 1.29 is 24.2 Å². The first kappa shape index (κ1) is 17.8. The Balaban J connectivity index is 2.98. The highest BCUT2D eigenvalue weighted by Gasteiger charge is 2.24. The van der Waals surface area contributed by atoms with Crippen LogP contribution in [-0.2, 0) is 9.53 Å². The molecular weight excluding hydrogens is 286 g/mol. The van der Waals surface area contributed by atoms with Crippen molar-refractivity contribution in [1.29, 1.82) is 0 Å². The molecule has 0 fully saturated rings. The fourth-order valence-electron chi connectivity index (χ4n) is 1.92. The van der Waals surface area contributed by atoms with Crippen molar-refractivity contribution >= 4 is 12.1 Å². The lowest BCUT2D eigenvalue weighted by atomic mass is 10.0. The van der Waals surface area contributed by atoms with Gasteiger partial charge in [-0.05, 0) is 33.8 Å². The third-order valence-corrected chi connectivity index (χ3v) is 2.66. The minimum atomic E-state index is -1.02. The molecule has 22 heavy (non-hydrogen) atoms. The zero-order valence-corrected chi connectivity index (χ0v) is 13.4. The highest BCUT2D eigenvalue weighted by Crippen LogP contribution is 2.27. The number of hydrogen-bond acceptors (Lipinski definition) is 4. The first-order chi connectivity index (χ1) is 10.2. The van der Waals surface area contributed by atoms with Gasteiger partial charge in [-0.15, -0.1) is 0 Å². The van der Waals surface area contributed by atoms with Crippen LogP contribution in [0.5, 0.6) is 5.75 Å². The number of alkyl carbamates (subject to hydrolysis) is 1. The maximum absolute atomic E-state index is 11.9. The van der Waals surface area contributed by atoms with Gasteiger partial charge in [0.1, 0.15) is 11.4 Å². The molecule has 1 rings (SSSR count). The van der Waals surface area contributed by atoms with Crippen molar-refractivity contribution in [2.75, 3.05) is 6.61 Å². The monoisotopic (exact) mass is 309 g/mol. The van der Waals surface area contributed by atoms with Gasteiger partial charge in [-0.2, -0.15) is 0 Å². The van der Waals surface area contributed by atoms with Crippen LogP contribution in [0.25, 0.3) is 0 Å². The van der Waals surface area contributed by atoms with Gasteiger partial charge in [0, 0.05) is 5.56 Å². The lowest BCUT2D eigenvalue weighted by Gasteiger charge is -2.24. The molecular formula is C16H23NO5. The summed E-state index contributed by atoms with van der Waals surface area (Å²) in [4.78, 5) is 23.0. The minimum absolute atomic E-state index is 0.261. The van der Waals surface area contributed by atoms with Gasteiger partial charge in [0.15, 0.2) is 0 Å². The molecule has 0 aliphatic rings. The van der Waals surface area contributed by atoms with E-state index >= 15 is 0 Å². The number of carbonyl (C=O) groups is 2. The molecule has 0 saturated heterocycles. The second-order valence-electron chi connectivity index (χ2n) is 5.77. The van der Waals surface area contributed by atoms with E-state index in [9.17, 15) is 9.59 Å². The molecule has 0 bridgehead atoms. The summed E-state index contributed by atoms with van der Waals surface area (Å²) in [6.07, 6.45) is -0.923. The summed E-state index contributed by atoms with van der Waals surface area (Å²) in [5.74, 6) is -0.473. The normalized spacial score (nSPS) is 12.4. The predicted molar refractivity (Wildman–Crippen MR) is 82.0 cm³/mol. The summed E-state index contributed by atoms with van der Waals surface area (Å²) in [7, 11) is 0. The molecule has 0 radical (unpaired) electrons. The van der Waals surface area contributed by atoms with Crippen molar-refractivity contribution in [2.45, 2.75) is 45.8 Å². The van der Waals surface area contributed by atoms with Gasteiger partial charge in [-0.3, -0.25) is 4.79 Å². The number of benzene rings is 1. The van der Waals surface area contributed by atoms with E-state index in [0.717, 1.165) is 0 Å². The van der Waals surface area contributed by atoms with Gasteiger partial charge in [0.25, 0.3) is 0 Å². The lowest BCUT2D eigenvalue weighted by Crippen LogP contribution is -2.36. The van der Waals surface area contributed by atoms with Crippen molar-refractivity contribution in [1.82, 2.24) is 5.32 Å². The number of carboxylic acid groups (broad SMARTS) is 1. The fourth-order valence-corrected chi connectivity index (χ4v) is 1.92. The number of amides is 1. The molecule has 6 nitrogen and oxygen atoms in total. The number of aliphatic carboxylic acids is 1. The average Bonchev–Trinajstić information content (AvgIpc) is 2.36.